The van der Waals surface area contributed by atoms with E-state index < -0.39 is 5.97 Å². The minimum atomic E-state index is -1.01. The maximum Gasteiger partial charge on any atom is 0.335 e. The van der Waals surface area contributed by atoms with Crippen molar-refractivity contribution in [1.82, 2.24) is 15.0 Å². The van der Waals surface area contributed by atoms with Gasteiger partial charge in [0.05, 0.1) is 35.7 Å². The number of amides is 1. The summed E-state index contributed by atoms with van der Waals surface area (Å²) in [6.07, 6.45) is 5.43. The van der Waals surface area contributed by atoms with Crippen molar-refractivity contribution in [3.05, 3.63) is 80.5 Å². The fourth-order valence-electron chi connectivity index (χ4n) is 4.30. The number of aryl methyl sites for hydroxylation is 2. The van der Waals surface area contributed by atoms with Crippen LogP contribution in [0.2, 0.25) is 0 Å². The monoisotopic (exact) mass is 548 g/mol. The average molecular weight is 549 g/mol. The Hall–Kier alpha value is -3.96. The number of methoxy groups -OCH3 is 1. The number of carboxylic acids is 1. The Morgan fingerprint density at radius 3 is 2.61 bits per heavy atom. The summed E-state index contributed by atoms with van der Waals surface area (Å²) in [4.78, 5) is 44.1. The number of thiophene rings is 1. The molecule has 2 aromatic carbocycles. The molecule has 0 spiro atoms. The number of carbonyl (C=O) groups is 2. The number of hydrazone groups is 1. The third kappa shape index (κ3) is 5.34. The largest absolute Gasteiger partial charge is 0.497 e. The highest BCUT2D eigenvalue weighted by Crippen LogP contribution is 2.35. The molecule has 0 unspecified atom stereocenters. The fourth-order valence-corrected chi connectivity index (χ4v) is 6.40. The lowest BCUT2D eigenvalue weighted by Crippen LogP contribution is -2.24. The van der Waals surface area contributed by atoms with E-state index >= 15 is 0 Å². The number of aromatic carboxylic acids is 1. The molecular weight excluding hydrogens is 524 g/mol. The van der Waals surface area contributed by atoms with Gasteiger partial charge in [0.15, 0.2) is 5.16 Å². The second-order valence-corrected chi connectivity index (χ2v) is 10.7. The molecule has 5 rings (SSSR count). The van der Waals surface area contributed by atoms with Crippen LogP contribution in [0.5, 0.6) is 5.75 Å². The Morgan fingerprint density at radius 2 is 1.89 bits per heavy atom. The molecule has 1 aliphatic rings. The second kappa shape index (κ2) is 11.2. The summed E-state index contributed by atoms with van der Waals surface area (Å²) < 4.78 is 6.83. The number of carbonyl (C=O) groups excluding carboxylic acids is 1. The maximum absolute atomic E-state index is 13.8. The summed E-state index contributed by atoms with van der Waals surface area (Å²) in [5, 5.41) is 14.0. The average Bonchev–Trinajstić information content (AvgIpc) is 3.31. The number of carboxylic acid groups (broad SMARTS) is 1. The predicted molar refractivity (Wildman–Crippen MR) is 148 cm³/mol. The lowest BCUT2D eigenvalue weighted by Gasteiger charge is -2.14. The number of hydrogen-bond donors (Lipinski definition) is 2. The van der Waals surface area contributed by atoms with Gasteiger partial charge in [-0.2, -0.15) is 5.10 Å². The molecule has 38 heavy (non-hydrogen) atoms. The van der Waals surface area contributed by atoms with Crippen molar-refractivity contribution in [2.24, 2.45) is 5.10 Å². The van der Waals surface area contributed by atoms with Crippen LogP contribution in [-0.2, 0) is 17.6 Å². The molecule has 0 bridgehead atoms. The van der Waals surface area contributed by atoms with E-state index in [0.29, 0.717) is 32.4 Å². The van der Waals surface area contributed by atoms with Crippen LogP contribution in [0.4, 0.5) is 0 Å². The van der Waals surface area contributed by atoms with Gasteiger partial charge in [-0.15, -0.1) is 11.3 Å². The zero-order chi connectivity index (χ0) is 26.6. The Labute approximate surface area is 226 Å². The van der Waals surface area contributed by atoms with Crippen molar-refractivity contribution in [3.8, 4) is 11.4 Å². The minimum Gasteiger partial charge on any atom is -0.497 e. The lowest BCUT2D eigenvalue weighted by atomic mass is 9.97. The number of aromatic nitrogens is 2. The molecule has 11 heteroatoms. The van der Waals surface area contributed by atoms with E-state index in [4.69, 9.17) is 14.8 Å². The third-order valence-electron chi connectivity index (χ3n) is 6.18. The number of ether oxygens (including phenoxy) is 1. The maximum atomic E-state index is 13.8. The van der Waals surface area contributed by atoms with Crippen LogP contribution in [0, 0.1) is 0 Å². The van der Waals surface area contributed by atoms with E-state index in [1.54, 1.807) is 59.4 Å². The molecule has 0 fully saturated rings. The number of benzene rings is 2. The first-order chi connectivity index (χ1) is 18.4. The van der Waals surface area contributed by atoms with Crippen LogP contribution < -0.4 is 15.7 Å². The van der Waals surface area contributed by atoms with Crippen LogP contribution in [-0.4, -0.2) is 45.6 Å². The SMILES string of the molecule is COc1ccc(-n2c(SCC(=O)N/N=C\c3ccc(C(=O)O)cc3)nc3sc4c(c3c2=O)CCCC4)cc1. The van der Waals surface area contributed by atoms with Gasteiger partial charge in [0.1, 0.15) is 10.6 Å². The van der Waals surface area contributed by atoms with Gasteiger partial charge in [0.25, 0.3) is 11.5 Å². The van der Waals surface area contributed by atoms with Crippen molar-refractivity contribution in [3.63, 3.8) is 0 Å². The summed E-state index contributed by atoms with van der Waals surface area (Å²) in [7, 11) is 1.58. The first-order valence-electron chi connectivity index (χ1n) is 11.9. The Bertz CT molecular complexity index is 1590. The van der Waals surface area contributed by atoms with Crippen LogP contribution in [0.15, 0.2) is 63.6 Å². The molecule has 0 saturated carbocycles. The molecule has 2 heterocycles. The van der Waals surface area contributed by atoms with Crippen LogP contribution in [0.3, 0.4) is 0 Å². The van der Waals surface area contributed by atoms with E-state index in [9.17, 15) is 14.4 Å². The van der Waals surface area contributed by atoms with Gasteiger partial charge in [-0.1, -0.05) is 23.9 Å². The zero-order valence-electron chi connectivity index (χ0n) is 20.5. The molecular formula is C27H24N4O5S2. The molecule has 194 valence electrons. The van der Waals surface area contributed by atoms with Gasteiger partial charge >= 0.3 is 5.97 Å². The third-order valence-corrected chi connectivity index (χ3v) is 8.31. The lowest BCUT2D eigenvalue weighted by molar-refractivity contribution is -0.118. The Kier molecular flexibility index (Phi) is 7.57. The predicted octanol–water partition coefficient (Wildman–Crippen LogP) is 4.28. The van der Waals surface area contributed by atoms with Gasteiger partial charge in [-0.3, -0.25) is 14.2 Å². The highest BCUT2D eigenvalue weighted by Gasteiger charge is 2.23. The molecule has 0 atom stereocenters. The first kappa shape index (κ1) is 25.7. The van der Waals surface area contributed by atoms with Gasteiger partial charge in [-0.05, 0) is 73.2 Å². The number of thioether (sulfide) groups is 1. The highest BCUT2D eigenvalue weighted by molar-refractivity contribution is 7.99. The molecule has 4 aromatic rings. The molecule has 9 nitrogen and oxygen atoms in total. The van der Waals surface area contributed by atoms with Crippen molar-refractivity contribution < 1.29 is 19.4 Å². The zero-order valence-corrected chi connectivity index (χ0v) is 22.1. The summed E-state index contributed by atoms with van der Waals surface area (Å²) in [5.41, 5.74) is 4.90. The smallest absolute Gasteiger partial charge is 0.335 e. The molecule has 0 saturated heterocycles. The van der Waals surface area contributed by atoms with E-state index in [1.807, 2.05) is 0 Å². The van der Waals surface area contributed by atoms with E-state index in [0.717, 1.165) is 43.0 Å². The number of fused-ring (bicyclic) bond motifs is 3. The van der Waals surface area contributed by atoms with E-state index in [1.165, 1.54) is 23.2 Å². The Morgan fingerprint density at radius 1 is 1.16 bits per heavy atom. The molecule has 2 N–H and O–H groups in total. The quantitative estimate of drug-likeness (QED) is 0.146. The van der Waals surface area contributed by atoms with Crippen molar-refractivity contribution >= 4 is 51.4 Å². The van der Waals surface area contributed by atoms with E-state index in [-0.39, 0.29) is 22.8 Å². The molecule has 1 amide bonds. The fraction of sp³-hybridized carbons (Fsp3) is 0.222. The van der Waals surface area contributed by atoms with Crippen molar-refractivity contribution in [2.75, 3.05) is 12.9 Å². The van der Waals surface area contributed by atoms with Gasteiger partial charge < -0.3 is 9.84 Å². The Balaban J connectivity index is 1.39. The van der Waals surface area contributed by atoms with Crippen molar-refractivity contribution in [2.45, 2.75) is 30.8 Å². The normalized spacial score (nSPS) is 13.0. The molecule has 1 aliphatic carbocycles. The number of nitrogens with one attached hydrogen (secondary N) is 1. The standard InChI is InChI=1S/C27H24N4O5S2/c1-36-19-12-10-18(11-13-19)31-25(33)23-20-4-2-3-5-21(20)38-24(23)29-27(31)37-15-22(32)30-28-14-16-6-8-17(9-7-16)26(34)35/h6-14H,2-5,15H2,1H3,(H,30,32)(H,34,35)/b28-14-. The van der Waals surface area contributed by atoms with Crippen molar-refractivity contribution in [1.29, 1.82) is 0 Å². The van der Waals surface area contributed by atoms with Gasteiger partial charge in [0.2, 0.25) is 0 Å². The summed E-state index contributed by atoms with van der Waals surface area (Å²) in [6, 6.07) is 13.3. The van der Waals surface area contributed by atoms with Crippen LogP contribution >= 0.6 is 23.1 Å². The summed E-state index contributed by atoms with van der Waals surface area (Å²) >= 11 is 2.73. The van der Waals surface area contributed by atoms with Crippen LogP contribution in [0.25, 0.3) is 15.9 Å². The van der Waals surface area contributed by atoms with Crippen LogP contribution in [0.1, 0.15) is 39.2 Å². The van der Waals surface area contributed by atoms with E-state index in [2.05, 4.69) is 10.5 Å². The number of hydrogen-bond acceptors (Lipinski definition) is 8. The first-order valence-corrected chi connectivity index (χ1v) is 13.7. The highest BCUT2D eigenvalue weighted by atomic mass is 32.2. The summed E-state index contributed by atoms with van der Waals surface area (Å²) in [6.45, 7) is 0. The van der Waals surface area contributed by atoms with Gasteiger partial charge in [0, 0.05) is 4.88 Å². The van der Waals surface area contributed by atoms with Gasteiger partial charge in [-0.25, -0.2) is 15.2 Å². The second-order valence-electron chi connectivity index (χ2n) is 8.63. The number of rotatable bonds is 8. The minimum absolute atomic E-state index is 0.00547. The topological polar surface area (TPSA) is 123 Å². The number of nitrogens with zero attached hydrogens (tertiary/aromatic N) is 3. The molecule has 2 aromatic heterocycles. The molecule has 0 radical (unpaired) electrons. The molecule has 0 aliphatic heterocycles. The summed E-state index contributed by atoms with van der Waals surface area (Å²) in [5.74, 6) is -0.710.